The van der Waals surface area contributed by atoms with Gasteiger partial charge in [-0.1, -0.05) is 91.3 Å². The first-order chi connectivity index (χ1) is 15.5. The molecule has 32 heavy (non-hydrogen) atoms. The van der Waals surface area contributed by atoms with Gasteiger partial charge in [0.2, 0.25) is 0 Å². The lowest BCUT2D eigenvalue weighted by Gasteiger charge is -2.32. The predicted octanol–water partition coefficient (Wildman–Crippen LogP) is 4.92. The third kappa shape index (κ3) is 6.08. The van der Waals surface area contributed by atoms with Gasteiger partial charge in [0.15, 0.2) is 6.23 Å². The van der Waals surface area contributed by atoms with Gasteiger partial charge in [0, 0.05) is 19.9 Å². The minimum atomic E-state index is -0.645. The summed E-state index contributed by atoms with van der Waals surface area (Å²) in [6, 6.07) is 19.5. The van der Waals surface area contributed by atoms with Crippen molar-refractivity contribution in [3.8, 4) is 0 Å². The fraction of sp³-hybridized carbons (Fsp3) is 0.240. The maximum atomic E-state index is 13.4. The van der Waals surface area contributed by atoms with Crippen molar-refractivity contribution < 1.29 is 9.53 Å². The fourth-order valence-electron chi connectivity index (χ4n) is 3.37. The molecule has 0 fully saturated rings. The molecule has 3 aromatic rings. The topological polar surface area (TPSA) is 64.4 Å². The molecule has 0 amide bonds. The largest absolute Gasteiger partial charge is 0.442 e. The smallest absolute Gasteiger partial charge is 0.304 e. The highest BCUT2D eigenvalue weighted by atomic mass is 35.5. The van der Waals surface area contributed by atoms with E-state index in [2.05, 4.69) is 5.10 Å². The highest BCUT2D eigenvalue weighted by Gasteiger charge is 2.26. The Bertz CT molecular complexity index is 1110. The van der Waals surface area contributed by atoms with Crippen molar-refractivity contribution in [1.82, 2.24) is 9.78 Å². The van der Waals surface area contributed by atoms with Gasteiger partial charge >= 0.3 is 5.97 Å². The quantitative estimate of drug-likeness (QED) is 0.341. The van der Waals surface area contributed by atoms with Crippen molar-refractivity contribution in [2.24, 2.45) is 0 Å². The monoisotopic (exact) mass is 451 g/mol. The molecule has 0 aliphatic rings. The third-order valence-corrected chi connectivity index (χ3v) is 5.12. The molecule has 6 nitrogen and oxygen atoms in total. The molecule has 2 aromatic carbocycles. The van der Waals surface area contributed by atoms with E-state index < -0.39 is 12.2 Å². The Balaban J connectivity index is 1.97. The molecule has 0 aliphatic heterocycles. The number of carbonyl (C=O) groups is 1. The van der Waals surface area contributed by atoms with Crippen LogP contribution in [-0.4, -0.2) is 22.0 Å². The molecule has 1 aromatic heterocycles. The van der Waals surface area contributed by atoms with Crippen LogP contribution in [0.4, 0.5) is 5.69 Å². The molecule has 0 saturated carbocycles. The van der Waals surface area contributed by atoms with Gasteiger partial charge in [-0.25, -0.2) is 4.68 Å². The van der Waals surface area contributed by atoms with Crippen LogP contribution in [0.1, 0.15) is 31.4 Å². The maximum absolute atomic E-state index is 13.4. The van der Waals surface area contributed by atoms with Crippen LogP contribution >= 0.6 is 11.6 Å². The Morgan fingerprint density at radius 1 is 1.16 bits per heavy atom. The van der Waals surface area contributed by atoms with E-state index in [1.807, 2.05) is 79.7 Å². The summed E-state index contributed by atoms with van der Waals surface area (Å²) in [6.07, 6.45) is 5.09. The number of ether oxygens (including phenoxy) is 1. The molecule has 1 atom stereocenters. The van der Waals surface area contributed by atoms with Gasteiger partial charge in [-0.2, -0.15) is 5.10 Å². The molecule has 0 radical (unpaired) electrons. The highest BCUT2D eigenvalue weighted by molar-refractivity contribution is 6.33. The number of anilines is 1. The van der Waals surface area contributed by atoms with E-state index >= 15 is 0 Å². The zero-order valence-corrected chi connectivity index (χ0v) is 18.9. The number of benzene rings is 2. The predicted molar refractivity (Wildman–Crippen MR) is 127 cm³/mol. The number of hydrogen-bond acceptors (Lipinski definition) is 5. The summed E-state index contributed by atoms with van der Waals surface area (Å²) in [4.78, 5) is 26.8. The van der Waals surface area contributed by atoms with Gasteiger partial charge in [0.1, 0.15) is 5.69 Å². The second-order valence-electron chi connectivity index (χ2n) is 7.23. The normalized spacial score (nSPS) is 12.0. The molecule has 3 rings (SSSR count). The van der Waals surface area contributed by atoms with Crippen molar-refractivity contribution in [1.29, 1.82) is 0 Å². The first-order valence-electron chi connectivity index (χ1n) is 10.4. The highest BCUT2D eigenvalue weighted by Crippen LogP contribution is 2.26. The summed E-state index contributed by atoms with van der Waals surface area (Å²) in [7, 11) is 0. The number of rotatable bonds is 9. The Kier molecular flexibility index (Phi) is 8.22. The van der Waals surface area contributed by atoms with Crippen LogP contribution in [-0.2, 0) is 22.6 Å². The van der Waals surface area contributed by atoms with Crippen molar-refractivity contribution in [3.63, 3.8) is 0 Å². The van der Waals surface area contributed by atoms with Gasteiger partial charge in [0.05, 0.1) is 17.8 Å². The Morgan fingerprint density at radius 2 is 1.81 bits per heavy atom. The average Bonchev–Trinajstić information content (AvgIpc) is 2.79. The lowest BCUT2D eigenvalue weighted by atomic mass is 10.2. The van der Waals surface area contributed by atoms with E-state index in [1.165, 1.54) is 17.8 Å². The fourth-order valence-corrected chi connectivity index (χ4v) is 3.60. The van der Waals surface area contributed by atoms with E-state index in [4.69, 9.17) is 16.3 Å². The molecule has 1 heterocycles. The van der Waals surface area contributed by atoms with Crippen LogP contribution in [0.25, 0.3) is 6.08 Å². The van der Waals surface area contributed by atoms with E-state index in [0.29, 0.717) is 13.0 Å². The summed E-state index contributed by atoms with van der Waals surface area (Å²) in [6.45, 7) is 3.87. The number of hydrogen-bond donors (Lipinski definition) is 0. The molecular formula is C25H26ClN3O3. The number of nitrogens with zero attached hydrogens (tertiary/aromatic N) is 3. The van der Waals surface area contributed by atoms with Gasteiger partial charge in [-0.3, -0.25) is 9.59 Å². The number of allylic oxidation sites excluding steroid dienone is 1. The molecule has 0 aliphatic carbocycles. The van der Waals surface area contributed by atoms with Crippen LogP contribution in [0, 0.1) is 0 Å². The summed E-state index contributed by atoms with van der Waals surface area (Å²) in [5, 5.41) is 4.40. The molecule has 0 bridgehead atoms. The standard InChI is InChI=1S/C25H26ClN3O3/c1-3-23(32-19(2)30)28(18-21-13-8-5-9-14-21)24-22(26)17-27-29(25(24)31)16-10-15-20-11-6-4-7-12-20/h4-15,17,23H,3,16,18H2,1-2H3. The van der Waals surface area contributed by atoms with Gasteiger partial charge < -0.3 is 9.64 Å². The summed E-state index contributed by atoms with van der Waals surface area (Å²) in [5.74, 6) is -0.425. The van der Waals surface area contributed by atoms with E-state index in [0.717, 1.165) is 11.1 Å². The molecule has 166 valence electrons. The Hall–Kier alpha value is -3.38. The zero-order chi connectivity index (χ0) is 22.9. The number of esters is 1. The third-order valence-electron chi connectivity index (χ3n) is 4.84. The van der Waals surface area contributed by atoms with Crippen LogP contribution in [0.15, 0.2) is 77.7 Å². The number of carbonyl (C=O) groups excluding carboxylic acids is 1. The summed E-state index contributed by atoms with van der Waals surface area (Å²) >= 11 is 6.45. The van der Waals surface area contributed by atoms with E-state index in [-0.39, 0.29) is 22.8 Å². The first kappa shape index (κ1) is 23.3. The lowest BCUT2D eigenvalue weighted by Crippen LogP contribution is -2.42. The van der Waals surface area contributed by atoms with Crippen molar-refractivity contribution in [2.45, 2.75) is 39.6 Å². The van der Waals surface area contributed by atoms with E-state index in [1.54, 1.807) is 4.90 Å². The summed E-state index contributed by atoms with van der Waals surface area (Å²) < 4.78 is 6.87. The number of halogens is 1. The van der Waals surface area contributed by atoms with Crippen LogP contribution < -0.4 is 10.5 Å². The maximum Gasteiger partial charge on any atom is 0.304 e. The number of aromatic nitrogens is 2. The molecular weight excluding hydrogens is 426 g/mol. The molecule has 0 N–H and O–H groups in total. The molecule has 7 heteroatoms. The summed E-state index contributed by atoms with van der Waals surface area (Å²) in [5.41, 5.74) is 1.89. The van der Waals surface area contributed by atoms with Crippen molar-refractivity contribution in [2.75, 3.05) is 4.90 Å². The van der Waals surface area contributed by atoms with Gasteiger partial charge in [0.25, 0.3) is 5.56 Å². The Labute approximate surface area is 192 Å². The zero-order valence-electron chi connectivity index (χ0n) is 18.1. The van der Waals surface area contributed by atoms with Crippen LogP contribution in [0.5, 0.6) is 0 Å². The minimum absolute atomic E-state index is 0.208. The van der Waals surface area contributed by atoms with Crippen LogP contribution in [0.2, 0.25) is 5.02 Å². The first-order valence-corrected chi connectivity index (χ1v) is 10.8. The average molecular weight is 452 g/mol. The molecule has 0 spiro atoms. The second kappa shape index (κ2) is 11.3. The van der Waals surface area contributed by atoms with Crippen molar-refractivity contribution >= 4 is 29.3 Å². The van der Waals surface area contributed by atoms with Gasteiger partial charge in [-0.05, 0) is 11.1 Å². The minimum Gasteiger partial charge on any atom is -0.442 e. The van der Waals surface area contributed by atoms with Crippen LogP contribution in [0.3, 0.4) is 0 Å². The molecule has 0 saturated heterocycles. The second-order valence-corrected chi connectivity index (χ2v) is 7.63. The van der Waals surface area contributed by atoms with Crippen molar-refractivity contribution in [3.05, 3.63) is 99.4 Å². The SMILES string of the molecule is CCC(OC(C)=O)N(Cc1ccccc1)c1c(Cl)cnn(CC=Cc2ccccc2)c1=O. The van der Waals surface area contributed by atoms with Gasteiger partial charge in [-0.15, -0.1) is 0 Å². The van der Waals surface area contributed by atoms with E-state index in [9.17, 15) is 9.59 Å². The lowest BCUT2D eigenvalue weighted by molar-refractivity contribution is -0.146. The molecule has 1 unspecified atom stereocenters. The Morgan fingerprint density at radius 3 is 2.44 bits per heavy atom.